The lowest BCUT2D eigenvalue weighted by Gasteiger charge is -2.23. The molecule has 0 aliphatic heterocycles. The fourth-order valence-corrected chi connectivity index (χ4v) is 0.977. The van der Waals surface area contributed by atoms with Crippen LogP contribution in [0.1, 0.15) is 45.3 Å². The monoisotopic (exact) mass is 202 g/mol. The van der Waals surface area contributed by atoms with E-state index in [-0.39, 0.29) is 11.3 Å². The van der Waals surface area contributed by atoms with Gasteiger partial charge < -0.3 is 4.52 Å². The summed E-state index contributed by atoms with van der Waals surface area (Å²) in [5, 5.41) is 3.75. The number of rotatable bonds is 2. The van der Waals surface area contributed by atoms with Crippen molar-refractivity contribution in [1.29, 1.82) is 0 Å². The minimum atomic E-state index is 0.135. The van der Waals surface area contributed by atoms with Gasteiger partial charge in [0.05, 0.1) is 5.88 Å². The van der Waals surface area contributed by atoms with Crippen LogP contribution < -0.4 is 0 Å². The van der Waals surface area contributed by atoms with Gasteiger partial charge in [0.1, 0.15) is 0 Å². The molecule has 13 heavy (non-hydrogen) atoms. The van der Waals surface area contributed by atoms with Crippen molar-refractivity contribution in [3.63, 3.8) is 0 Å². The molecule has 3 nitrogen and oxygen atoms in total. The van der Waals surface area contributed by atoms with E-state index >= 15 is 0 Å². The first-order chi connectivity index (χ1) is 5.95. The Morgan fingerprint density at radius 1 is 1.46 bits per heavy atom. The maximum absolute atomic E-state index is 5.57. The second kappa shape index (κ2) is 3.66. The van der Waals surface area contributed by atoms with Crippen LogP contribution >= 0.6 is 11.6 Å². The van der Waals surface area contributed by atoms with Crippen LogP contribution in [-0.2, 0) is 5.88 Å². The highest BCUT2D eigenvalue weighted by Crippen LogP contribution is 2.33. The molecule has 1 aromatic rings. The van der Waals surface area contributed by atoms with E-state index in [4.69, 9.17) is 16.1 Å². The van der Waals surface area contributed by atoms with Crippen LogP contribution in [0.4, 0.5) is 0 Å². The van der Waals surface area contributed by atoms with Crippen LogP contribution in [0, 0.1) is 5.41 Å². The Morgan fingerprint density at radius 3 is 2.46 bits per heavy atom. The molecule has 0 saturated heterocycles. The maximum atomic E-state index is 5.57. The predicted octanol–water partition coefficient (Wildman–Crippen LogP) is 2.96. The van der Waals surface area contributed by atoms with Gasteiger partial charge in [-0.25, -0.2) is 0 Å². The van der Waals surface area contributed by atoms with Gasteiger partial charge in [-0.15, -0.1) is 11.6 Å². The molecule has 0 aliphatic rings. The van der Waals surface area contributed by atoms with Crippen molar-refractivity contribution in [2.24, 2.45) is 5.41 Å². The molecule has 0 N–H and O–H groups in total. The van der Waals surface area contributed by atoms with Gasteiger partial charge >= 0.3 is 0 Å². The van der Waals surface area contributed by atoms with Gasteiger partial charge in [0.2, 0.25) is 5.89 Å². The minimum absolute atomic E-state index is 0.135. The third kappa shape index (κ3) is 2.44. The molecular formula is C9H15ClN2O. The Balaban J connectivity index is 2.83. The van der Waals surface area contributed by atoms with Gasteiger partial charge in [-0.3, -0.25) is 0 Å². The highest BCUT2D eigenvalue weighted by atomic mass is 35.5. The highest BCUT2D eigenvalue weighted by Gasteiger charge is 2.26. The molecule has 0 spiro atoms. The van der Waals surface area contributed by atoms with E-state index in [9.17, 15) is 0 Å². The quantitative estimate of drug-likeness (QED) is 0.693. The summed E-state index contributed by atoms with van der Waals surface area (Å²) < 4.78 is 5.10. The zero-order valence-electron chi connectivity index (χ0n) is 8.47. The Labute approximate surface area is 83.5 Å². The number of halogens is 1. The largest absolute Gasteiger partial charge is 0.339 e. The summed E-state index contributed by atoms with van der Waals surface area (Å²) >= 11 is 5.57. The van der Waals surface area contributed by atoms with Gasteiger partial charge in [0.15, 0.2) is 5.82 Å². The summed E-state index contributed by atoms with van der Waals surface area (Å²) in [5.41, 5.74) is 0.135. The van der Waals surface area contributed by atoms with E-state index in [2.05, 4.69) is 37.8 Å². The first kappa shape index (κ1) is 10.5. The smallest absolute Gasteiger partial charge is 0.230 e. The van der Waals surface area contributed by atoms with Gasteiger partial charge in [-0.2, -0.15) is 4.98 Å². The maximum Gasteiger partial charge on any atom is 0.230 e. The van der Waals surface area contributed by atoms with Gasteiger partial charge in [-0.05, 0) is 5.41 Å². The van der Waals surface area contributed by atoms with E-state index in [1.807, 2.05) is 0 Å². The first-order valence-corrected chi connectivity index (χ1v) is 4.87. The summed E-state index contributed by atoms with van der Waals surface area (Å²) in [5.74, 6) is 1.79. The van der Waals surface area contributed by atoms with Gasteiger partial charge in [0.25, 0.3) is 0 Å². The Morgan fingerprint density at radius 2 is 2.08 bits per heavy atom. The van der Waals surface area contributed by atoms with Gasteiger partial charge in [0, 0.05) is 5.92 Å². The number of hydrogen-bond acceptors (Lipinski definition) is 3. The highest BCUT2D eigenvalue weighted by molar-refractivity contribution is 6.16. The van der Waals surface area contributed by atoms with Crippen molar-refractivity contribution < 1.29 is 4.52 Å². The summed E-state index contributed by atoms with van der Waals surface area (Å²) in [4.78, 5) is 4.19. The van der Waals surface area contributed by atoms with Crippen molar-refractivity contribution in [2.75, 3.05) is 0 Å². The van der Waals surface area contributed by atoms with Crippen molar-refractivity contribution >= 4 is 11.6 Å². The number of nitrogens with zero attached hydrogens (tertiary/aromatic N) is 2. The molecule has 0 bridgehead atoms. The number of hydrogen-bond donors (Lipinski definition) is 0. The van der Waals surface area contributed by atoms with Crippen LogP contribution in [0.2, 0.25) is 0 Å². The molecule has 1 heterocycles. The Kier molecular flexibility index (Phi) is 2.96. The fourth-order valence-electron chi connectivity index (χ4n) is 0.868. The fraction of sp³-hybridized carbons (Fsp3) is 0.778. The summed E-state index contributed by atoms with van der Waals surface area (Å²) in [6, 6.07) is 0. The SMILES string of the molecule is CC(c1nc(CCl)no1)C(C)(C)C. The summed E-state index contributed by atoms with van der Waals surface area (Å²) in [6.07, 6.45) is 0. The topological polar surface area (TPSA) is 38.9 Å². The zero-order valence-corrected chi connectivity index (χ0v) is 9.22. The lowest BCUT2D eigenvalue weighted by atomic mass is 9.82. The van der Waals surface area contributed by atoms with Crippen LogP contribution in [0.25, 0.3) is 0 Å². The lowest BCUT2D eigenvalue weighted by Crippen LogP contribution is -2.15. The second-order valence-electron chi connectivity index (χ2n) is 4.27. The molecule has 74 valence electrons. The van der Waals surface area contributed by atoms with E-state index in [0.29, 0.717) is 17.6 Å². The molecule has 0 aromatic carbocycles. The molecule has 0 saturated carbocycles. The lowest BCUT2D eigenvalue weighted by molar-refractivity contribution is 0.261. The van der Waals surface area contributed by atoms with Crippen molar-refractivity contribution in [2.45, 2.75) is 39.5 Å². The average Bonchev–Trinajstić information content (AvgIpc) is 2.48. The van der Waals surface area contributed by atoms with Crippen LogP contribution in [0.15, 0.2) is 4.52 Å². The molecule has 0 aliphatic carbocycles. The van der Waals surface area contributed by atoms with E-state index in [0.717, 1.165) is 0 Å². The molecule has 4 heteroatoms. The third-order valence-electron chi connectivity index (χ3n) is 2.27. The summed E-state index contributed by atoms with van der Waals surface area (Å²) in [6.45, 7) is 8.50. The zero-order chi connectivity index (χ0) is 10.1. The average molecular weight is 203 g/mol. The first-order valence-electron chi connectivity index (χ1n) is 4.33. The normalized spacial score (nSPS) is 14.5. The predicted molar refractivity (Wildman–Crippen MR) is 51.7 cm³/mol. The van der Waals surface area contributed by atoms with E-state index < -0.39 is 0 Å². The minimum Gasteiger partial charge on any atom is -0.339 e. The molecule has 1 aromatic heterocycles. The molecule has 0 radical (unpaired) electrons. The molecule has 1 atom stereocenters. The molecular weight excluding hydrogens is 188 g/mol. The third-order valence-corrected chi connectivity index (χ3v) is 2.51. The summed E-state index contributed by atoms with van der Waals surface area (Å²) in [7, 11) is 0. The Bertz CT molecular complexity index is 277. The molecule has 1 rings (SSSR count). The number of alkyl halides is 1. The number of aromatic nitrogens is 2. The van der Waals surface area contributed by atoms with Crippen LogP contribution in [-0.4, -0.2) is 10.1 Å². The molecule has 0 amide bonds. The van der Waals surface area contributed by atoms with E-state index in [1.54, 1.807) is 0 Å². The Hall–Kier alpha value is -0.570. The van der Waals surface area contributed by atoms with Crippen molar-refractivity contribution in [3.8, 4) is 0 Å². The van der Waals surface area contributed by atoms with Crippen molar-refractivity contribution in [3.05, 3.63) is 11.7 Å². The van der Waals surface area contributed by atoms with Crippen LogP contribution in [0.5, 0.6) is 0 Å². The van der Waals surface area contributed by atoms with E-state index in [1.165, 1.54) is 0 Å². The van der Waals surface area contributed by atoms with Gasteiger partial charge in [-0.1, -0.05) is 32.9 Å². The van der Waals surface area contributed by atoms with Crippen LogP contribution in [0.3, 0.4) is 0 Å². The molecule has 0 fully saturated rings. The van der Waals surface area contributed by atoms with Crippen molar-refractivity contribution in [1.82, 2.24) is 10.1 Å². The molecule has 1 unspecified atom stereocenters. The second-order valence-corrected chi connectivity index (χ2v) is 4.54. The standard InChI is InChI=1S/C9H15ClN2O/c1-6(9(2,3)4)8-11-7(5-10)12-13-8/h6H,5H2,1-4H3.